The number of hydrogen-bond donors (Lipinski definition) is 1. The van der Waals surface area contributed by atoms with Crippen molar-refractivity contribution < 1.29 is 13.9 Å². The van der Waals surface area contributed by atoms with Gasteiger partial charge in [-0.25, -0.2) is 4.39 Å². The third-order valence-corrected chi connectivity index (χ3v) is 5.90. The minimum atomic E-state index is -0.712. The molecule has 1 aromatic carbocycles. The van der Waals surface area contributed by atoms with Gasteiger partial charge in [0.1, 0.15) is 5.82 Å². The molecule has 0 unspecified atom stereocenters. The second-order valence-electron chi connectivity index (χ2n) is 7.02. The van der Waals surface area contributed by atoms with E-state index < -0.39 is 11.9 Å². The fourth-order valence-electron chi connectivity index (χ4n) is 3.75. The van der Waals surface area contributed by atoms with Gasteiger partial charge in [-0.05, 0) is 44.1 Å². The summed E-state index contributed by atoms with van der Waals surface area (Å²) in [6, 6.07) is 4.13. The molecule has 1 saturated carbocycles. The maximum atomic E-state index is 14.7. The summed E-state index contributed by atoms with van der Waals surface area (Å²) in [6.07, 6.45) is 2.06. The minimum absolute atomic E-state index is 0.124. The molecular weight excluding hydrogens is 389 g/mol. The molecule has 2 aliphatic heterocycles. The zero-order valence-corrected chi connectivity index (χ0v) is 16.6. The molecule has 2 heterocycles. The maximum Gasteiger partial charge on any atom is 0.254 e. The van der Waals surface area contributed by atoms with Crippen molar-refractivity contribution in [3.63, 3.8) is 0 Å². The number of nitrogens with zero attached hydrogens (tertiary/aromatic N) is 2. The number of rotatable bonds is 3. The van der Waals surface area contributed by atoms with E-state index in [1.807, 2.05) is 11.8 Å². The number of allylic oxidation sites excluding steroid dienone is 1. The Morgan fingerprint density at radius 3 is 2.67 bits per heavy atom. The predicted molar refractivity (Wildman–Crippen MR) is 105 cm³/mol. The second kappa shape index (κ2) is 7.37. The molecule has 1 aliphatic carbocycles. The number of carbonyl (C=O) groups excluding carboxylic acids is 1. The standard InChI is InChI=1S/C19H21ClFN3O2S/c1-11-15(18(25)23-7-9-26-10-8-23)17(16-13(20)3-2-4-14(16)21)22-19(27)24(11)12-5-6-12/h2-4,12,17H,5-10H2,1H3,(H,22,27)/t17-/m0/s1. The molecule has 8 heteroatoms. The van der Waals surface area contributed by atoms with Crippen molar-refractivity contribution in [2.45, 2.75) is 31.8 Å². The number of hydrogen-bond acceptors (Lipinski definition) is 3. The molecule has 3 aliphatic rings. The van der Waals surface area contributed by atoms with Crippen molar-refractivity contribution in [2.75, 3.05) is 26.3 Å². The first-order valence-electron chi connectivity index (χ1n) is 9.10. The number of benzene rings is 1. The molecule has 5 nitrogen and oxygen atoms in total. The first kappa shape index (κ1) is 18.7. The molecular formula is C19H21ClFN3O2S. The Morgan fingerprint density at radius 2 is 2.04 bits per heavy atom. The van der Waals surface area contributed by atoms with E-state index >= 15 is 0 Å². The normalized spacial score (nSPS) is 23.5. The van der Waals surface area contributed by atoms with Crippen LogP contribution in [0.4, 0.5) is 4.39 Å². The molecule has 0 aromatic heterocycles. The SMILES string of the molecule is CC1=C(C(=O)N2CCOCC2)[C@@H](c2c(F)cccc2Cl)NC(=S)N1C1CC1. The van der Waals surface area contributed by atoms with E-state index in [1.54, 1.807) is 17.0 Å². The third-order valence-electron chi connectivity index (χ3n) is 5.26. The number of nitrogens with one attached hydrogen (secondary N) is 1. The highest BCUT2D eigenvalue weighted by Crippen LogP contribution is 2.40. The fourth-order valence-corrected chi connectivity index (χ4v) is 4.42. The van der Waals surface area contributed by atoms with Crippen LogP contribution in [-0.2, 0) is 9.53 Å². The largest absolute Gasteiger partial charge is 0.378 e. The molecule has 1 N–H and O–H groups in total. The van der Waals surface area contributed by atoms with Crippen LogP contribution in [0.3, 0.4) is 0 Å². The molecule has 0 radical (unpaired) electrons. The molecule has 1 saturated heterocycles. The average Bonchev–Trinajstić information content (AvgIpc) is 3.47. The molecule has 2 fully saturated rings. The van der Waals surface area contributed by atoms with E-state index in [-0.39, 0.29) is 16.5 Å². The minimum Gasteiger partial charge on any atom is -0.378 e. The van der Waals surface area contributed by atoms with Crippen molar-refractivity contribution in [3.05, 3.63) is 45.9 Å². The van der Waals surface area contributed by atoms with Crippen LogP contribution in [0.1, 0.15) is 31.4 Å². The Morgan fingerprint density at radius 1 is 1.33 bits per heavy atom. The van der Waals surface area contributed by atoms with E-state index in [2.05, 4.69) is 5.32 Å². The van der Waals surface area contributed by atoms with Crippen molar-refractivity contribution in [1.82, 2.24) is 15.1 Å². The second-order valence-corrected chi connectivity index (χ2v) is 7.82. The van der Waals surface area contributed by atoms with Crippen molar-refractivity contribution in [2.24, 2.45) is 0 Å². The van der Waals surface area contributed by atoms with Gasteiger partial charge in [-0.15, -0.1) is 0 Å². The molecule has 144 valence electrons. The van der Waals surface area contributed by atoms with E-state index in [0.717, 1.165) is 18.5 Å². The highest BCUT2D eigenvalue weighted by Gasteiger charge is 2.42. The number of ether oxygens (including phenoxy) is 1. The van der Waals surface area contributed by atoms with Crippen LogP contribution in [0, 0.1) is 5.82 Å². The number of morpholine rings is 1. The lowest BCUT2D eigenvalue weighted by atomic mass is 9.93. The molecule has 1 amide bonds. The first-order chi connectivity index (χ1) is 13.0. The molecule has 0 bridgehead atoms. The van der Waals surface area contributed by atoms with E-state index in [9.17, 15) is 9.18 Å². The van der Waals surface area contributed by atoms with Gasteiger partial charge in [-0.2, -0.15) is 0 Å². The fraction of sp³-hybridized carbons (Fsp3) is 0.474. The summed E-state index contributed by atoms with van der Waals surface area (Å²) in [6.45, 7) is 3.92. The van der Waals surface area contributed by atoms with Gasteiger partial charge < -0.3 is 19.9 Å². The van der Waals surface area contributed by atoms with Crippen LogP contribution in [-0.4, -0.2) is 53.2 Å². The Hall–Kier alpha value is -1.70. The van der Waals surface area contributed by atoms with Gasteiger partial charge in [0, 0.05) is 35.4 Å². The topological polar surface area (TPSA) is 44.8 Å². The van der Waals surface area contributed by atoms with Gasteiger partial charge in [0.05, 0.1) is 24.8 Å². The Labute approximate surface area is 168 Å². The lowest BCUT2D eigenvalue weighted by Crippen LogP contribution is -2.51. The summed E-state index contributed by atoms with van der Waals surface area (Å²) in [5.74, 6) is -0.580. The lowest BCUT2D eigenvalue weighted by Gasteiger charge is -2.40. The smallest absolute Gasteiger partial charge is 0.254 e. The van der Waals surface area contributed by atoms with Gasteiger partial charge in [0.25, 0.3) is 5.91 Å². The Bertz CT molecular complexity index is 801. The van der Waals surface area contributed by atoms with Crippen LogP contribution >= 0.6 is 23.8 Å². The van der Waals surface area contributed by atoms with E-state index in [1.165, 1.54) is 6.07 Å². The summed E-state index contributed by atoms with van der Waals surface area (Å²) < 4.78 is 20.0. The van der Waals surface area contributed by atoms with Gasteiger partial charge in [0.2, 0.25) is 0 Å². The third kappa shape index (κ3) is 3.44. The lowest BCUT2D eigenvalue weighted by molar-refractivity contribution is -0.131. The highest BCUT2D eigenvalue weighted by atomic mass is 35.5. The van der Waals surface area contributed by atoms with Crippen LogP contribution in [0.15, 0.2) is 29.5 Å². The first-order valence-corrected chi connectivity index (χ1v) is 9.89. The summed E-state index contributed by atoms with van der Waals surface area (Å²) in [5.41, 5.74) is 1.54. The number of amides is 1. The van der Waals surface area contributed by atoms with Crippen molar-refractivity contribution >= 4 is 34.8 Å². The summed E-state index contributed by atoms with van der Waals surface area (Å²) in [4.78, 5) is 17.2. The van der Waals surface area contributed by atoms with Crippen LogP contribution in [0.2, 0.25) is 5.02 Å². The summed E-state index contributed by atoms with van der Waals surface area (Å²) in [5, 5.41) is 3.97. The van der Waals surface area contributed by atoms with Crippen molar-refractivity contribution in [3.8, 4) is 0 Å². The van der Waals surface area contributed by atoms with Gasteiger partial charge >= 0.3 is 0 Å². The van der Waals surface area contributed by atoms with E-state index in [0.29, 0.717) is 43.0 Å². The quantitative estimate of drug-likeness (QED) is 0.777. The molecule has 0 spiro atoms. The number of carbonyl (C=O) groups is 1. The number of thiocarbonyl (C=S) groups is 1. The van der Waals surface area contributed by atoms with Gasteiger partial charge in [-0.3, -0.25) is 4.79 Å². The number of halogens is 2. The van der Waals surface area contributed by atoms with Gasteiger partial charge in [0.15, 0.2) is 5.11 Å². The van der Waals surface area contributed by atoms with Crippen molar-refractivity contribution in [1.29, 1.82) is 0 Å². The monoisotopic (exact) mass is 409 g/mol. The average molecular weight is 410 g/mol. The predicted octanol–water partition coefficient (Wildman–Crippen LogP) is 3.01. The van der Waals surface area contributed by atoms with Crippen LogP contribution < -0.4 is 5.32 Å². The molecule has 1 atom stereocenters. The molecule has 1 aromatic rings. The van der Waals surface area contributed by atoms with Crippen LogP contribution in [0.5, 0.6) is 0 Å². The summed E-state index contributed by atoms with van der Waals surface area (Å²) in [7, 11) is 0. The van der Waals surface area contributed by atoms with E-state index in [4.69, 9.17) is 28.6 Å². The molecule has 27 heavy (non-hydrogen) atoms. The summed E-state index contributed by atoms with van der Waals surface area (Å²) >= 11 is 11.9. The highest BCUT2D eigenvalue weighted by molar-refractivity contribution is 7.80. The Kier molecular flexibility index (Phi) is 5.09. The zero-order valence-electron chi connectivity index (χ0n) is 15.0. The molecule has 4 rings (SSSR count). The zero-order chi connectivity index (χ0) is 19.1. The van der Waals surface area contributed by atoms with Crippen LogP contribution in [0.25, 0.3) is 0 Å². The maximum absolute atomic E-state index is 14.7. The van der Waals surface area contributed by atoms with Gasteiger partial charge in [-0.1, -0.05) is 17.7 Å². The Balaban J connectivity index is 1.81.